The molecule has 3 aromatic heterocycles. The normalized spacial score (nSPS) is 12.9. The summed E-state index contributed by atoms with van der Waals surface area (Å²) in [5.41, 5.74) is 8.43. The molecular formula is C35H35ClF2N10O3. The van der Waals surface area contributed by atoms with Crippen LogP contribution in [0.15, 0.2) is 61.1 Å². The summed E-state index contributed by atoms with van der Waals surface area (Å²) < 4.78 is 34.3. The molecule has 13 nitrogen and oxygen atoms in total. The molecule has 264 valence electrons. The SMILES string of the molecule is Cc1ccc(N(CCn2cc(-c3ccc(-c4cnc(C(=O)Nc5ccc(C(=O)N6CCNCC6)c(Cl)c5)n4C)c(F)c3F)c(C)n2)C(N)=O)cn1. The number of amides is 4. The quantitative estimate of drug-likeness (QED) is 0.198. The first kappa shape index (κ1) is 35.2. The number of hydrogen-bond acceptors (Lipinski definition) is 7. The third-order valence-corrected chi connectivity index (χ3v) is 8.99. The second-order valence-electron chi connectivity index (χ2n) is 12.0. The van der Waals surface area contributed by atoms with E-state index < -0.39 is 23.6 Å². The molecule has 0 spiro atoms. The Hall–Kier alpha value is -5.67. The van der Waals surface area contributed by atoms with Crippen molar-refractivity contribution in [3.05, 3.63) is 100 Å². The first-order valence-electron chi connectivity index (χ1n) is 16.1. The van der Waals surface area contributed by atoms with Gasteiger partial charge in [-0.3, -0.25) is 24.2 Å². The molecule has 4 heterocycles. The standard InChI is InChI=1S/C35H35ClF2N10O3/c1-20-4-6-23(17-41-20)48(35(39)51)15-14-47-19-27(21(2)44-47)24-8-9-26(31(38)30(24)37)29-18-42-32(45(29)3)33(49)43-22-5-7-25(28(36)16-22)34(50)46-12-10-40-11-13-46/h4-9,16-19,40H,10-15H2,1-3H3,(H2,39,51)(H,43,49). The van der Waals surface area contributed by atoms with E-state index in [1.807, 2.05) is 6.92 Å². The highest BCUT2D eigenvalue weighted by atomic mass is 35.5. The van der Waals surface area contributed by atoms with Crippen LogP contribution in [0.1, 0.15) is 32.4 Å². The molecular weight excluding hydrogens is 682 g/mol. The Bertz CT molecular complexity index is 2130. The van der Waals surface area contributed by atoms with Crippen molar-refractivity contribution in [1.82, 2.24) is 34.5 Å². The number of nitrogens with one attached hydrogen (secondary N) is 2. The fourth-order valence-corrected chi connectivity index (χ4v) is 6.16. The molecule has 4 N–H and O–H groups in total. The van der Waals surface area contributed by atoms with E-state index in [9.17, 15) is 14.4 Å². The van der Waals surface area contributed by atoms with Crippen molar-refractivity contribution in [3.8, 4) is 22.4 Å². The van der Waals surface area contributed by atoms with Gasteiger partial charge in [0.15, 0.2) is 17.5 Å². The van der Waals surface area contributed by atoms with Crippen LogP contribution in [-0.4, -0.2) is 79.8 Å². The van der Waals surface area contributed by atoms with E-state index in [0.717, 1.165) is 5.69 Å². The van der Waals surface area contributed by atoms with Crippen LogP contribution in [0.2, 0.25) is 5.02 Å². The van der Waals surface area contributed by atoms with Crippen molar-refractivity contribution in [1.29, 1.82) is 0 Å². The van der Waals surface area contributed by atoms with Gasteiger partial charge < -0.3 is 25.8 Å². The Labute approximate surface area is 297 Å². The summed E-state index contributed by atoms with van der Waals surface area (Å²) in [6, 6.07) is 10.3. The number of primary amides is 1. The number of urea groups is 1. The lowest BCUT2D eigenvalue weighted by Crippen LogP contribution is -2.46. The molecule has 4 amide bonds. The van der Waals surface area contributed by atoms with Gasteiger partial charge in [0.05, 0.1) is 46.6 Å². The highest BCUT2D eigenvalue weighted by Gasteiger charge is 2.24. The summed E-state index contributed by atoms with van der Waals surface area (Å²) in [7, 11) is 1.51. The molecule has 51 heavy (non-hydrogen) atoms. The van der Waals surface area contributed by atoms with Gasteiger partial charge in [-0.1, -0.05) is 17.7 Å². The van der Waals surface area contributed by atoms with Crippen LogP contribution >= 0.6 is 11.6 Å². The zero-order valence-electron chi connectivity index (χ0n) is 28.1. The zero-order chi connectivity index (χ0) is 36.4. The van der Waals surface area contributed by atoms with Gasteiger partial charge in [0.2, 0.25) is 0 Å². The number of piperazine rings is 1. The topological polar surface area (TPSA) is 156 Å². The summed E-state index contributed by atoms with van der Waals surface area (Å²) in [5, 5.41) is 10.5. The lowest BCUT2D eigenvalue weighted by atomic mass is 10.0. The van der Waals surface area contributed by atoms with Crippen LogP contribution < -0.4 is 21.3 Å². The minimum absolute atomic E-state index is 0.00890. The van der Waals surface area contributed by atoms with Crippen LogP contribution in [0, 0.1) is 25.5 Å². The number of hydrogen-bond donors (Lipinski definition) is 3. The highest BCUT2D eigenvalue weighted by molar-refractivity contribution is 6.34. The molecule has 0 bridgehead atoms. The molecule has 6 rings (SSSR count). The number of carbonyl (C=O) groups excluding carboxylic acids is 3. The van der Waals surface area contributed by atoms with Gasteiger partial charge in [-0.25, -0.2) is 18.6 Å². The monoisotopic (exact) mass is 716 g/mol. The number of anilines is 2. The minimum Gasteiger partial charge on any atom is -0.351 e. The lowest BCUT2D eigenvalue weighted by molar-refractivity contribution is 0.0736. The Balaban J connectivity index is 1.16. The predicted octanol–water partition coefficient (Wildman–Crippen LogP) is 4.78. The number of pyridine rings is 1. The molecule has 0 atom stereocenters. The maximum Gasteiger partial charge on any atom is 0.319 e. The number of carbonyl (C=O) groups is 3. The third-order valence-electron chi connectivity index (χ3n) is 8.67. The van der Waals surface area contributed by atoms with E-state index >= 15 is 8.78 Å². The van der Waals surface area contributed by atoms with Gasteiger partial charge in [-0.2, -0.15) is 5.10 Å². The number of nitrogens with two attached hydrogens (primary N) is 1. The minimum atomic E-state index is -1.13. The Morgan fingerprint density at radius 3 is 2.39 bits per heavy atom. The summed E-state index contributed by atoms with van der Waals surface area (Å²) in [4.78, 5) is 49.6. The van der Waals surface area contributed by atoms with Gasteiger partial charge in [0, 0.05) is 74.0 Å². The van der Waals surface area contributed by atoms with Crippen molar-refractivity contribution < 1.29 is 23.2 Å². The largest absolute Gasteiger partial charge is 0.351 e. The fraction of sp³-hybridized carbons (Fsp3) is 0.257. The molecule has 0 saturated carbocycles. The first-order valence-corrected chi connectivity index (χ1v) is 16.5. The highest BCUT2D eigenvalue weighted by Crippen LogP contribution is 2.33. The fourth-order valence-electron chi connectivity index (χ4n) is 5.90. The summed E-state index contributed by atoms with van der Waals surface area (Å²) in [6.07, 6.45) is 4.41. The average molecular weight is 717 g/mol. The van der Waals surface area contributed by atoms with Crippen molar-refractivity contribution in [2.24, 2.45) is 12.8 Å². The molecule has 1 saturated heterocycles. The molecule has 1 fully saturated rings. The third kappa shape index (κ3) is 7.30. The van der Waals surface area contributed by atoms with E-state index in [1.165, 1.54) is 45.6 Å². The summed E-state index contributed by atoms with van der Waals surface area (Å²) in [5.74, 6) is -3.10. The molecule has 0 radical (unpaired) electrons. The van der Waals surface area contributed by atoms with Crippen LogP contribution in [0.5, 0.6) is 0 Å². The smallest absolute Gasteiger partial charge is 0.319 e. The Kier molecular flexibility index (Phi) is 10.1. The Morgan fingerprint density at radius 2 is 1.71 bits per heavy atom. The number of nitrogens with zero attached hydrogens (tertiary/aromatic N) is 7. The lowest BCUT2D eigenvalue weighted by Gasteiger charge is -2.27. The van der Waals surface area contributed by atoms with Gasteiger partial charge in [0.1, 0.15) is 0 Å². The second-order valence-corrected chi connectivity index (χ2v) is 12.5. The van der Waals surface area contributed by atoms with Gasteiger partial charge in [-0.05, 0) is 50.2 Å². The number of rotatable bonds is 9. The molecule has 0 unspecified atom stereocenters. The van der Waals surface area contributed by atoms with Gasteiger partial charge in [0.25, 0.3) is 11.8 Å². The van der Waals surface area contributed by atoms with Crippen LogP contribution in [0.25, 0.3) is 22.4 Å². The molecule has 1 aliphatic rings. The van der Waals surface area contributed by atoms with Crippen LogP contribution in [0.4, 0.5) is 25.0 Å². The average Bonchev–Trinajstić information content (AvgIpc) is 3.68. The molecule has 2 aromatic carbocycles. The first-order chi connectivity index (χ1) is 24.4. The van der Waals surface area contributed by atoms with Gasteiger partial charge >= 0.3 is 6.03 Å². The van der Waals surface area contributed by atoms with Crippen molar-refractivity contribution >= 4 is 40.8 Å². The number of aryl methyl sites for hydroxylation is 2. The van der Waals surface area contributed by atoms with Crippen LogP contribution in [0.3, 0.4) is 0 Å². The maximum absolute atomic E-state index is 15.7. The number of halogens is 3. The van der Waals surface area contributed by atoms with E-state index in [-0.39, 0.29) is 46.7 Å². The number of imidazole rings is 1. The summed E-state index contributed by atoms with van der Waals surface area (Å²) >= 11 is 6.42. The zero-order valence-corrected chi connectivity index (χ0v) is 28.8. The Morgan fingerprint density at radius 1 is 0.980 bits per heavy atom. The summed E-state index contributed by atoms with van der Waals surface area (Å²) in [6.45, 7) is 6.42. The molecule has 5 aromatic rings. The van der Waals surface area contributed by atoms with E-state index in [0.29, 0.717) is 54.4 Å². The molecule has 16 heteroatoms. The van der Waals surface area contributed by atoms with E-state index in [2.05, 4.69) is 25.7 Å². The maximum atomic E-state index is 15.7. The van der Waals surface area contributed by atoms with Crippen LogP contribution in [-0.2, 0) is 13.6 Å². The van der Waals surface area contributed by atoms with Crippen molar-refractivity contribution in [2.75, 3.05) is 42.9 Å². The second kappa shape index (κ2) is 14.7. The predicted molar refractivity (Wildman–Crippen MR) is 189 cm³/mol. The van der Waals surface area contributed by atoms with Crippen molar-refractivity contribution in [3.63, 3.8) is 0 Å². The molecule has 1 aliphatic heterocycles. The van der Waals surface area contributed by atoms with E-state index in [1.54, 1.807) is 48.5 Å². The van der Waals surface area contributed by atoms with E-state index in [4.69, 9.17) is 17.3 Å². The van der Waals surface area contributed by atoms with Gasteiger partial charge in [-0.15, -0.1) is 0 Å². The van der Waals surface area contributed by atoms with Crippen molar-refractivity contribution in [2.45, 2.75) is 20.4 Å². The molecule has 0 aliphatic carbocycles. The number of benzene rings is 2. The number of aromatic nitrogens is 5.